The van der Waals surface area contributed by atoms with E-state index in [0.717, 1.165) is 17.9 Å². The van der Waals surface area contributed by atoms with Crippen LogP contribution < -0.4 is 10.1 Å². The molecule has 1 N–H and O–H groups in total. The zero-order chi connectivity index (χ0) is 15.5. The van der Waals surface area contributed by atoms with Crippen molar-refractivity contribution < 1.29 is 17.9 Å². The highest BCUT2D eigenvalue weighted by Gasteiger charge is 2.32. The molecule has 0 heterocycles. The average molecular weight is 301 g/mol. The predicted octanol–water partition coefficient (Wildman–Crippen LogP) is 4.50. The van der Waals surface area contributed by atoms with Crippen molar-refractivity contribution in [2.24, 2.45) is 11.8 Å². The summed E-state index contributed by atoms with van der Waals surface area (Å²) in [5, 5.41) is 3.47. The molecular formula is C16H22F3NO. The van der Waals surface area contributed by atoms with Crippen molar-refractivity contribution in [2.45, 2.75) is 52.1 Å². The topological polar surface area (TPSA) is 21.3 Å². The first kappa shape index (κ1) is 16.1. The van der Waals surface area contributed by atoms with Gasteiger partial charge in [-0.1, -0.05) is 32.4 Å². The van der Waals surface area contributed by atoms with Gasteiger partial charge in [0, 0.05) is 12.6 Å². The van der Waals surface area contributed by atoms with Crippen LogP contribution in [0.15, 0.2) is 24.3 Å². The van der Waals surface area contributed by atoms with E-state index in [4.69, 9.17) is 0 Å². The largest absolute Gasteiger partial charge is 0.573 e. The third kappa shape index (κ3) is 4.63. The maximum Gasteiger partial charge on any atom is 0.573 e. The smallest absolute Gasteiger partial charge is 0.406 e. The van der Waals surface area contributed by atoms with Gasteiger partial charge in [0.2, 0.25) is 0 Å². The second-order valence-electron chi connectivity index (χ2n) is 5.79. The summed E-state index contributed by atoms with van der Waals surface area (Å²) in [7, 11) is 0. The Morgan fingerprint density at radius 1 is 1.29 bits per heavy atom. The molecule has 0 amide bonds. The highest BCUT2D eigenvalue weighted by molar-refractivity contribution is 5.28. The molecule has 0 radical (unpaired) electrons. The van der Waals surface area contributed by atoms with Gasteiger partial charge in [-0.25, -0.2) is 0 Å². The van der Waals surface area contributed by atoms with Crippen molar-refractivity contribution in [1.29, 1.82) is 0 Å². The monoisotopic (exact) mass is 301 g/mol. The molecule has 1 saturated carbocycles. The van der Waals surface area contributed by atoms with Crippen LogP contribution in [-0.4, -0.2) is 12.4 Å². The number of alkyl halides is 3. The number of rotatable bonds is 5. The molecule has 1 aromatic rings. The lowest BCUT2D eigenvalue weighted by atomic mass is 9.93. The minimum absolute atomic E-state index is 0.160. The number of hydrogen-bond donors (Lipinski definition) is 1. The first-order chi connectivity index (χ1) is 9.89. The summed E-state index contributed by atoms with van der Waals surface area (Å²) < 4.78 is 40.5. The van der Waals surface area contributed by atoms with E-state index in [1.165, 1.54) is 25.0 Å². The van der Waals surface area contributed by atoms with Crippen molar-refractivity contribution in [3.8, 4) is 5.75 Å². The van der Waals surface area contributed by atoms with E-state index in [1.54, 1.807) is 6.07 Å². The Morgan fingerprint density at radius 3 is 2.67 bits per heavy atom. The molecule has 0 aliphatic heterocycles. The number of benzene rings is 1. The lowest BCUT2D eigenvalue weighted by Gasteiger charge is -2.21. The average Bonchev–Trinajstić information content (AvgIpc) is 2.75. The van der Waals surface area contributed by atoms with Crippen LogP contribution in [0.4, 0.5) is 13.2 Å². The number of hydrogen-bond acceptors (Lipinski definition) is 2. The molecule has 0 saturated heterocycles. The van der Waals surface area contributed by atoms with Gasteiger partial charge in [-0.15, -0.1) is 13.2 Å². The minimum atomic E-state index is -4.64. The fourth-order valence-electron chi connectivity index (χ4n) is 3.21. The van der Waals surface area contributed by atoms with Crippen LogP contribution >= 0.6 is 0 Å². The van der Waals surface area contributed by atoms with E-state index in [0.29, 0.717) is 18.5 Å². The molecule has 3 atom stereocenters. The maximum absolute atomic E-state index is 12.2. The third-order valence-electron chi connectivity index (χ3n) is 4.45. The van der Waals surface area contributed by atoms with Gasteiger partial charge in [0.05, 0.1) is 0 Å². The van der Waals surface area contributed by atoms with Gasteiger partial charge in [0.25, 0.3) is 0 Å². The molecule has 118 valence electrons. The molecule has 3 unspecified atom stereocenters. The standard InChI is InChI=1S/C16H22F3NO/c1-3-13-7-8-15(11(13)2)20-10-12-5-4-6-14(9-12)21-16(17,18)19/h4-6,9,11,13,15,20H,3,7-8,10H2,1-2H3. The number of ether oxygens (including phenoxy) is 1. The lowest BCUT2D eigenvalue weighted by Crippen LogP contribution is -2.32. The van der Waals surface area contributed by atoms with Crippen LogP contribution in [0.2, 0.25) is 0 Å². The Hall–Kier alpha value is -1.23. The molecular weight excluding hydrogens is 279 g/mol. The van der Waals surface area contributed by atoms with Gasteiger partial charge in [-0.2, -0.15) is 0 Å². The Kier molecular flexibility index (Phi) is 5.14. The summed E-state index contributed by atoms with van der Waals surface area (Å²) in [6.07, 6.45) is -1.08. The molecule has 1 fully saturated rings. The number of halogens is 3. The summed E-state index contributed by atoms with van der Waals surface area (Å²) in [5.41, 5.74) is 0.809. The van der Waals surface area contributed by atoms with E-state index in [1.807, 2.05) is 6.07 Å². The molecule has 2 rings (SSSR count). The Bertz CT molecular complexity index is 461. The van der Waals surface area contributed by atoms with Crippen LogP contribution in [0, 0.1) is 11.8 Å². The van der Waals surface area contributed by atoms with Crippen molar-refractivity contribution in [3.63, 3.8) is 0 Å². The quantitative estimate of drug-likeness (QED) is 0.864. The fraction of sp³-hybridized carbons (Fsp3) is 0.625. The second-order valence-corrected chi connectivity index (χ2v) is 5.79. The third-order valence-corrected chi connectivity index (χ3v) is 4.45. The molecule has 2 nitrogen and oxygen atoms in total. The molecule has 21 heavy (non-hydrogen) atoms. The van der Waals surface area contributed by atoms with E-state index >= 15 is 0 Å². The first-order valence-corrected chi connectivity index (χ1v) is 7.47. The maximum atomic E-state index is 12.2. The molecule has 0 bridgehead atoms. The number of nitrogens with one attached hydrogen (secondary N) is 1. The fourth-order valence-corrected chi connectivity index (χ4v) is 3.21. The van der Waals surface area contributed by atoms with Crippen LogP contribution in [0.1, 0.15) is 38.7 Å². The van der Waals surface area contributed by atoms with Gasteiger partial charge in [0.1, 0.15) is 5.75 Å². The zero-order valence-corrected chi connectivity index (χ0v) is 12.4. The Balaban J connectivity index is 1.90. The molecule has 0 spiro atoms. The van der Waals surface area contributed by atoms with Crippen LogP contribution in [0.25, 0.3) is 0 Å². The highest BCUT2D eigenvalue weighted by atomic mass is 19.4. The lowest BCUT2D eigenvalue weighted by molar-refractivity contribution is -0.274. The molecule has 1 aliphatic carbocycles. The second kappa shape index (κ2) is 6.69. The summed E-state index contributed by atoms with van der Waals surface area (Å²) in [6, 6.07) is 6.61. The summed E-state index contributed by atoms with van der Waals surface area (Å²) in [5.74, 6) is 1.21. The van der Waals surface area contributed by atoms with E-state index in [2.05, 4.69) is 23.9 Å². The highest BCUT2D eigenvalue weighted by Crippen LogP contribution is 2.34. The predicted molar refractivity (Wildman–Crippen MR) is 75.9 cm³/mol. The summed E-state index contributed by atoms with van der Waals surface area (Å²) in [4.78, 5) is 0. The zero-order valence-electron chi connectivity index (χ0n) is 12.4. The van der Waals surface area contributed by atoms with Gasteiger partial charge >= 0.3 is 6.36 Å². The van der Waals surface area contributed by atoms with Crippen molar-refractivity contribution in [1.82, 2.24) is 5.32 Å². The minimum Gasteiger partial charge on any atom is -0.406 e. The van der Waals surface area contributed by atoms with Crippen LogP contribution in [0.5, 0.6) is 5.75 Å². The summed E-state index contributed by atoms with van der Waals surface area (Å²) >= 11 is 0. The van der Waals surface area contributed by atoms with E-state index in [-0.39, 0.29) is 5.75 Å². The van der Waals surface area contributed by atoms with Gasteiger partial charge < -0.3 is 10.1 Å². The molecule has 5 heteroatoms. The molecule has 1 aromatic carbocycles. The Labute approximate surface area is 123 Å². The molecule has 0 aromatic heterocycles. The van der Waals surface area contributed by atoms with E-state index in [9.17, 15) is 13.2 Å². The normalized spacial score (nSPS) is 26.0. The van der Waals surface area contributed by atoms with Crippen LogP contribution in [-0.2, 0) is 6.54 Å². The van der Waals surface area contributed by atoms with Crippen molar-refractivity contribution in [3.05, 3.63) is 29.8 Å². The van der Waals surface area contributed by atoms with Crippen molar-refractivity contribution in [2.75, 3.05) is 0 Å². The summed E-state index contributed by atoms with van der Waals surface area (Å²) in [6.45, 7) is 5.03. The van der Waals surface area contributed by atoms with Crippen LogP contribution in [0.3, 0.4) is 0 Å². The van der Waals surface area contributed by atoms with E-state index < -0.39 is 6.36 Å². The Morgan fingerprint density at radius 2 is 2.05 bits per heavy atom. The molecule has 1 aliphatic rings. The SMILES string of the molecule is CCC1CCC(NCc2cccc(OC(F)(F)F)c2)C1C. The first-order valence-electron chi connectivity index (χ1n) is 7.47. The van der Waals surface area contributed by atoms with Crippen molar-refractivity contribution >= 4 is 0 Å². The van der Waals surface area contributed by atoms with Gasteiger partial charge in [-0.05, 0) is 42.4 Å². The van der Waals surface area contributed by atoms with Gasteiger partial charge in [-0.3, -0.25) is 0 Å². The van der Waals surface area contributed by atoms with Gasteiger partial charge in [0.15, 0.2) is 0 Å².